The zero-order valence-electron chi connectivity index (χ0n) is 11.7. The van der Waals surface area contributed by atoms with Crippen molar-refractivity contribution in [2.45, 2.75) is 13.0 Å². The summed E-state index contributed by atoms with van der Waals surface area (Å²) < 4.78 is 5.19. The summed E-state index contributed by atoms with van der Waals surface area (Å²) in [7, 11) is 0. The van der Waals surface area contributed by atoms with E-state index in [0.29, 0.717) is 16.3 Å². The number of benzene rings is 1. The van der Waals surface area contributed by atoms with Crippen LogP contribution in [-0.2, 0) is 4.79 Å². The summed E-state index contributed by atoms with van der Waals surface area (Å²) in [5.74, 6) is -0.0826. The minimum Gasteiger partial charge on any atom is -0.467 e. The lowest BCUT2D eigenvalue weighted by Gasteiger charge is -2.12. The van der Waals surface area contributed by atoms with Gasteiger partial charge in [-0.1, -0.05) is 23.2 Å². The van der Waals surface area contributed by atoms with E-state index in [1.54, 1.807) is 19.1 Å². The molecule has 1 heterocycles. The zero-order chi connectivity index (χ0) is 16.1. The molecule has 22 heavy (non-hydrogen) atoms. The Balaban J connectivity index is 1.85. The molecule has 2 rings (SSSR count). The molecule has 0 bridgehead atoms. The number of rotatable bonds is 5. The van der Waals surface area contributed by atoms with Gasteiger partial charge in [-0.25, -0.2) is 0 Å². The number of furan rings is 1. The van der Waals surface area contributed by atoms with Gasteiger partial charge < -0.3 is 15.1 Å². The number of carbonyl (C=O) groups is 2. The summed E-state index contributed by atoms with van der Waals surface area (Å²) in [5, 5.41) is 5.87. The summed E-state index contributed by atoms with van der Waals surface area (Å²) >= 11 is 11.6. The molecular formula is C15H14Cl2N2O3. The fourth-order valence-electron chi connectivity index (χ4n) is 1.80. The Morgan fingerprint density at radius 3 is 2.64 bits per heavy atom. The second-order valence-corrected chi connectivity index (χ2v) is 5.43. The molecule has 1 atom stereocenters. The van der Waals surface area contributed by atoms with E-state index in [4.69, 9.17) is 27.6 Å². The van der Waals surface area contributed by atoms with E-state index in [1.165, 1.54) is 24.5 Å². The van der Waals surface area contributed by atoms with Crippen molar-refractivity contribution in [3.63, 3.8) is 0 Å². The van der Waals surface area contributed by atoms with Gasteiger partial charge in [0.1, 0.15) is 5.76 Å². The molecule has 0 fully saturated rings. The highest BCUT2D eigenvalue weighted by molar-refractivity contribution is 6.42. The molecule has 2 amide bonds. The summed E-state index contributed by atoms with van der Waals surface area (Å²) in [6, 6.07) is 7.74. The SMILES string of the molecule is C[C@H](NC(=O)CNC(=O)c1ccc(Cl)c(Cl)c1)c1ccco1. The maximum atomic E-state index is 11.9. The quantitative estimate of drug-likeness (QED) is 0.877. The first kappa shape index (κ1) is 16.4. The highest BCUT2D eigenvalue weighted by Gasteiger charge is 2.13. The Labute approximate surface area is 137 Å². The molecule has 2 N–H and O–H groups in total. The molecule has 2 aromatic rings. The Morgan fingerprint density at radius 2 is 2.00 bits per heavy atom. The Kier molecular flexibility index (Phi) is 5.46. The summed E-state index contributed by atoms with van der Waals surface area (Å²) in [6.45, 7) is 1.64. The highest BCUT2D eigenvalue weighted by atomic mass is 35.5. The van der Waals surface area contributed by atoms with Gasteiger partial charge >= 0.3 is 0 Å². The van der Waals surface area contributed by atoms with Crippen LogP contribution in [0.1, 0.15) is 29.1 Å². The lowest BCUT2D eigenvalue weighted by molar-refractivity contribution is -0.120. The third kappa shape index (κ3) is 4.26. The third-order valence-corrected chi connectivity index (χ3v) is 3.68. The fraction of sp³-hybridized carbons (Fsp3) is 0.200. The summed E-state index contributed by atoms with van der Waals surface area (Å²) in [6.07, 6.45) is 1.53. The Morgan fingerprint density at radius 1 is 1.23 bits per heavy atom. The molecule has 0 aliphatic carbocycles. The first-order valence-electron chi connectivity index (χ1n) is 6.53. The van der Waals surface area contributed by atoms with Gasteiger partial charge in [-0.05, 0) is 37.3 Å². The smallest absolute Gasteiger partial charge is 0.251 e. The zero-order valence-corrected chi connectivity index (χ0v) is 13.2. The van der Waals surface area contributed by atoms with Crippen LogP contribution in [0.3, 0.4) is 0 Å². The predicted molar refractivity (Wildman–Crippen MR) is 84.1 cm³/mol. The van der Waals surface area contributed by atoms with E-state index in [1.807, 2.05) is 0 Å². The molecule has 116 valence electrons. The van der Waals surface area contributed by atoms with Crippen LogP contribution in [0, 0.1) is 0 Å². The largest absolute Gasteiger partial charge is 0.467 e. The normalized spacial score (nSPS) is 11.8. The highest BCUT2D eigenvalue weighted by Crippen LogP contribution is 2.22. The summed E-state index contributed by atoms with van der Waals surface area (Å²) in [5.41, 5.74) is 0.335. The van der Waals surface area contributed by atoms with Crippen molar-refractivity contribution in [1.29, 1.82) is 0 Å². The molecule has 0 radical (unpaired) electrons. The van der Waals surface area contributed by atoms with Gasteiger partial charge in [-0.2, -0.15) is 0 Å². The second kappa shape index (κ2) is 7.33. The lowest BCUT2D eigenvalue weighted by Crippen LogP contribution is -2.37. The molecule has 0 aliphatic rings. The van der Waals surface area contributed by atoms with Crippen molar-refractivity contribution < 1.29 is 14.0 Å². The van der Waals surface area contributed by atoms with Gasteiger partial charge in [0.25, 0.3) is 5.91 Å². The molecular weight excluding hydrogens is 327 g/mol. The number of hydrogen-bond donors (Lipinski definition) is 2. The van der Waals surface area contributed by atoms with Gasteiger partial charge in [0.15, 0.2) is 0 Å². The van der Waals surface area contributed by atoms with Gasteiger partial charge in [-0.15, -0.1) is 0 Å². The standard InChI is InChI=1S/C15H14Cl2N2O3/c1-9(13-3-2-6-22-13)19-14(20)8-18-15(21)10-4-5-11(16)12(17)7-10/h2-7,9H,8H2,1H3,(H,18,21)(H,19,20)/t9-/m0/s1. The minimum absolute atomic E-state index is 0.149. The van der Waals surface area contributed by atoms with E-state index >= 15 is 0 Å². The van der Waals surface area contributed by atoms with Crippen LogP contribution >= 0.6 is 23.2 Å². The van der Waals surface area contributed by atoms with Crippen molar-refractivity contribution in [2.75, 3.05) is 6.54 Å². The van der Waals surface area contributed by atoms with Crippen molar-refractivity contribution in [2.24, 2.45) is 0 Å². The topological polar surface area (TPSA) is 71.3 Å². The van der Waals surface area contributed by atoms with Gasteiger partial charge in [0.05, 0.1) is 28.9 Å². The molecule has 0 unspecified atom stereocenters. The average Bonchev–Trinajstić information content (AvgIpc) is 3.02. The van der Waals surface area contributed by atoms with Crippen LogP contribution in [0.25, 0.3) is 0 Å². The Hall–Kier alpha value is -1.98. The van der Waals surface area contributed by atoms with Crippen molar-refractivity contribution in [3.05, 3.63) is 58.0 Å². The maximum Gasteiger partial charge on any atom is 0.251 e. The van der Waals surface area contributed by atoms with Crippen LogP contribution < -0.4 is 10.6 Å². The molecule has 0 spiro atoms. The van der Waals surface area contributed by atoms with Crippen molar-refractivity contribution in [3.8, 4) is 0 Å². The molecule has 1 aromatic heterocycles. The van der Waals surface area contributed by atoms with Crippen LogP contribution in [0.5, 0.6) is 0 Å². The van der Waals surface area contributed by atoms with E-state index in [2.05, 4.69) is 10.6 Å². The molecule has 0 saturated carbocycles. The number of hydrogen-bond acceptors (Lipinski definition) is 3. The number of carbonyl (C=O) groups excluding carboxylic acids is 2. The number of amides is 2. The number of halogens is 2. The molecule has 0 saturated heterocycles. The van der Waals surface area contributed by atoms with Gasteiger partial charge in [-0.3, -0.25) is 9.59 Å². The maximum absolute atomic E-state index is 11.9. The number of nitrogens with one attached hydrogen (secondary N) is 2. The van der Waals surface area contributed by atoms with Gasteiger partial charge in [0, 0.05) is 5.56 Å². The predicted octanol–water partition coefficient (Wildman–Crippen LogP) is 3.19. The second-order valence-electron chi connectivity index (χ2n) is 4.62. The van der Waals surface area contributed by atoms with E-state index in [-0.39, 0.29) is 23.5 Å². The van der Waals surface area contributed by atoms with Gasteiger partial charge in [0.2, 0.25) is 5.91 Å². The fourth-order valence-corrected chi connectivity index (χ4v) is 2.10. The average molecular weight is 341 g/mol. The Bertz CT molecular complexity index is 671. The monoisotopic (exact) mass is 340 g/mol. The van der Waals surface area contributed by atoms with E-state index in [0.717, 1.165) is 0 Å². The van der Waals surface area contributed by atoms with Crippen LogP contribution in [0.2, 0.25) is 10.0 Å². The first-order valence-corrected chi connectivity index (χ1v) is 7.29. The van der Waals surface area contributed by atoms with E-state index in [9.17, 15) is 9.59 Å². The van der Waals surface area contributed by atoms with Crippen LogP contribution in [-0.4, -0.2) is 18.4 Å². The molecule has 7 heteroatoms. The molecule has 0 aliphatic heterocycles. The van der Waals surface area contributed by atoms with Crippen molar-refractivity contribution in [1.82, 2.24) is 10.6 Å². The first-order chi connectivity index (χ1) is 10.5. The molecule has 5 nitrogen and oxygen atoms in total. The van der Waals surface area contributed by atoms with Crippen molar-refractivity contribution >= 4 is 35.0 Å². The van der Waals surface area contributed by atoms with E-state index < -0.39 is 5.91 Å². The minimum atomic E-state index is -0.403. The summed E-state index contributed by atoms with van der Waals surface area (Å²) in [4.78, 5) is 23.7. The van der Waals surface area contributed by atoms with Crippen LogP contribution in [0.4, 0.5) is 0 Å². The van der Waals surface area contributed by atoms with Crippen LogP contribution in [0.15, 0.2) is 41.0 Å². The molecule has 1 aromatic carbocycles. The lowest BCUT2D eigenvalue weighted by atomic mass is 10.2. The third-order valence-electron chi connectivity index (χ3n) is 2.94.